The summed E-state index contributed by atoms with van der Waals surface area (Å²) in [7, 11) is -10.0. The number of rotatable bonds is 5. The molecule has 208 valence electrons. The van der Waals surface area contributed by atoms with Crippen LogP contribution in [0.3, 0.4) is 0 Å². The van der Waals surface area contributed by atoms with Gasteiger partial charge in [-0.15, -0.1) is 3.63 Å². The molecule has 0 unspecified atom stereocenters. The molecule has 16 heteroatoms. The van der Waals surface area contributed by atoms with Gasteiger partial charge in [-0.05, 0) is 41.1 Å². The minimum absolute atomic E-state index is 0.210. The normalized spacial score (nSPS) is 13.7. The summed E-state index contributed by atoms with van der Waals surface area (Å²) >= 11 is 0. The van der Waals surface area contributed by atoms with Gasteiger partial charge in [0.25, 0.3) is 5.60 Å². The van der Waals surface area contributed by atoms with Crippen LogP contribution >= 0.6 is 0 Å². The average Bonchev–Trinajstić information content (AvgIpc) is 2.81. The van der Waals surface area contributed by atoms with Crippen LogP contribution in [0.2, 0.25) is 0 Å². The molecule has 0 spiro atoms. The Morgan fingerprint density at radius 2 is 1.21 bits per heavy atom. The Morgan fingerprint density at radius 1 is 0.667 bits per heavy atom. The molecule has 0 saturated carbocycles. The van der Waals surface area contributed by atoms with Crippen molar-refractivity contribution in [2.45, 2.75) is 27.7 Å². The van der Waals surface area contributed by atoms with Crippen molar-refractivity contribution in [3.63, 3.8) is 0 Å². The summed E-state index contributed by atoms with van der Waals surface area (Å²) in [4.78, 5) is -1.35. The first-order chi connectivity index (χ1) is 17.8. The van der Waals surface area contributed by atoms with Crippen molar-refractivity contribution in [2.75, 3.05) is 11.5 Å². The topological polar surface area (TPSA) is 150 Å². The molecule has 4 rings (SSSR count). The molecule has 0 aromatic heterocycles. The van der Waals surface area contributed by atoms with Crippen LogP contribution in [0.4, 0.5) is 37.7 Å². The van der Waals surface area contributed by atoms with Crippen LogP contribution in [-0.2, 0) is 29.5 Å². The Hall–Kier alpha value is -3.60. The first kappa shape index (κ1) is 28.4. The highest BCUT2D eigenvalue weighted by molar-refractivity contribution is 7.99. The van der Waals surface area contributed by atoms with E-state index in [2.05, 4.69) is 3.63 Å². The summed E-state index contributed by atoms with van der Waals surface area (Å²) < 4.78 is 135. The fourth-order valence-electron chi connectivity index (χ4n) is 3.90. The maximum absolute atomic E-state index is 13.3. The van der Waals surface area contributed by atoms with Crippen molar-refractivity contribution < 1.29 is 51.9 Å². The van der Waals surface area contributed by atoms with E-state index in [1.54, 1.807) is 12.1 Å². The Bertz CT molecular complexity index is 1820. The Morgan fingerprint density at radius 3 is 1.79 bits per heavy atom. The minimum atomic E-state index is -6.20. The maximum Gasteiger partial charge on any atom is 0.430 e. The quantitative estimate of drug-likeness (QED) is 0.225. The molecule has 0 fully saturated rings. The van der Waals surface area contributed by atoms with Crippen LogP contribution in [0, 0.1) is 0 Å². The lowest BCUT2D eigenvalue weighted by Gasteiger charge is -2.33. The van der Waals surface area contributed by atoms with E-state index in [0.717, 1.165) is 24.3 Å². The van der Waals surface area contributed by atoms with Gasteiger partial charge in [0.2, 0.25) is 0 Å². The third kappa shape index (κ3) is 4.73. The minimum Gasteiger partial charge on any atom is -0.398 e. The summed E-state index contributed by atoms with van der Waals surface area (Å²) in [6.07, 6.45) is -12.4. The van der Waals surface area contributed by atoms with Gasteiger partial charge in [0.1, 0.15) is 0 Å². The molecule has 4 aromatic rings. The molecule has 0 saturated heterocycles. The highest BCUT2D eigenvalue weighted by Gasteiger charge is 2.72. The molecule has 0 bridgehead atoms. The standard InChI is InChI=1S/C23H16F6N2O6S2/c24-22(25,26)21(32,23(27,28)29)18-9-5-13-10-14(7-8-16(13)20(18)31)38(33,34)37-39(35,36)15-6-4-12-2-1-3-19(30)17(12)11-15/h1-11,32H,30-31H2. The van der Waals surface area contributed by atoms with Gasteiger partial charge in [0.15, 0.2) is 0 Å². The molecular weight excluding hydrogens is 578 g/mol. The first-order valence-electron chi connectivity index (χ1n) is 10.5. The van der Waals surface area contributed by atoms with Gasteiger partial charge in [-0.1, -0.05) is 36.4 Å². The molecule has 5 N–H and O–H groups in total. The average molecular weight is 595 g/mol. The zero-order valence-electron chi connectivity index (χ0n) is 19.1. The van der Waals surface area contributed by atoms with Crippen molar-refractivity contribution in [3.05, 3.63) is 72.3 Å². The van der Waals surface area contributed by atoms with E-state index in [-0.39, 0.29) is 17.1 Å². The molecular formula is C23H16F6N2O6S2. The SMILES string of the molecule is Nc1cccc2ccc(S(=O)(=O)OS(=O)(=O)c3ccc4c(N)c(C(O)(C(F)(F)F)C(F)(F)F)ccc4c3)cc12. The van der Waals surface area contributed by atoms with Crippen LogP contribution in [0.25, 0.3) is 21.5 Å². The second-order valence-electron chi connectivity index (χ2n) is 8.32. The molecule has 0 aliphatic heterocycles. The predicted octanol–water partition coefficient (Wildman–Crippen LogP) is 4.56. The number of benzene rings is 4. The molecule has 8 nitrogen and oxygen atoms in total. The number of hydrogen-bond acceptors (Lipinski definition) is 8. The van der Waals surface area contributed by atoms with Crippen LogP contribution in [0.1, 0.15) is 5.56 Å². The molecule has 0 atom stereocenters. The van der Waals surface area contributed by atoms with Gasteiger partial charge in [-0.25, -0.2) is 0 Å². The molecule has 0 aliphatic carbocycles. The largest absolute Gasteiger partial charge is 0.430 e. The number of nitrogens with two attached hydrogens (primary N) is 2. The molecule has 0 amide bonds. The van der Waals surface area contributed by atoms with Crippen molar-refractivity contribution in [2.24, 2.45) is 0 Å². The maximum atomic E-state index is 13.3. The molecule has 4 aromatic carbocycles. The summed E-state index contributed by atoms with van der Waals surface area (Å²) in [6.45, 7) is 0. The van der Waals surface area contributed by atoms with Gasteiger partial charge in [0.05, 0.1) is 9.79 Å². The number of anilines is 2. The van der Waals surface area contributed by atoms with Gasteiger partial charge in [-0.3, -0.25) is 0 Å². The molecule has 0 aliphatic rings. The fourth-order valence-corrected chi connectivity index (χ4v) is 6.47. The zero-order valence-corrected chi connectivity index (χ0v) is 20.7. The zero-order chi connectivity index (χ0) is 29.2. The smallest absolute Gasteiger partial charge is 0.398 e. The highest BCUT2D eigenvalue weighted by Crippen LogP contribution is 2.52. The number of alkyl halides is 6. The number of aliphatic hydroxyl groups is 1. The monoisotopic (exact) mass is 594 g/mol. The van der Waals surface area contributed by atoms with E-state index >= 15 is 0 Å². The fraction of sp³-hybridized carbons (Fsp3) is 0.130. The Labute approximate surface area is 216 Å². The lowest BCUT2D eigenvalue weighted by Crippen LogP contribution is -2.54. The third-order valence-electron chi connectivity index (χ3n) is 5.89. The van der Waals surface area contributed by atoms with Gasteiger partial charge >= 0.3 is 32.6 Å². The van der Waals surface area contributed by atoms with Crippen molar-refractivity contribution in [1.29, 1.82) is 0 Å². The van der Waals surface area contributed by atoms with Crippen molar-refractivity contribution in [3.8, 4) is 0 Å². The summed E-state index contributed by atoms with van der Waals surface area (Å²) in [5.41, 5.74) is 3.42. The second-order valence-corrected chi connectivity index (χ2v) is 11.6. The lowest BCUT2D eigenvalue weighted by molar-refractivity contribution is -0.375. The van der Waals surface area contributed by atoms with Crippen LogP contribution in [0.15, 0.2) is 76.5 Å². The Balaban J connectivity index is 1.76. The van der Waals surface area contributed by atoms with Gasteiger partial charge in [0, 0.05) is 27.7 Å². The van der Waals surface area contributed by atoms with E-state index in [4.69, 9.17) is 11.5 Å². The summed E-state index contributed by atoms with van der Waals surface area (Å²) in [5.74, 6) is 0. The van der Waals surface area contributed by atoms with E-state index < -0.39 is 64.6 Å². The lowest BCUT2D eigenvalue weighted by atomic mass is 9.88. The van der Waals surface area contributed by atoms with Gasteiger partial charge < -0.3 is 16.6 Å². The van der Waals surface area contributed by atoms with Crippen LogP contribution < -0.4 is 11.5 Å². The second kappa shape index (κ2) is 8.97. The Kier molecular flexibility index (Phi) is 6.54. The number of nitrogen functional groups attached to an aromatic ring is 2. The summed E-state index contributed by atoms with van der Waals surface area (Å²) in [5, 5.41) is 9.77. The van der Waals surface area contributed by atoms with Crippen LogP contribution in [0.5, 0.6) is 0 Å². The van der Waals surface area contributed by atoms with E-state index in [0.29, 0.717) is 22.9 Å². The highest BCUT2D eigenvalue weighted by atomic mass is 32.3. The number of hydrogen-bond donors (Lipinski definition) is 3. The number of fused-ring (bicyclic) bond motifs is 2. The third-order valence-corrected chi connectivity index (χ3v) is 8.98. The van der Waals surface area contributed by atoms with E-state index in [1.807, 2.05) is 0 Å². The van der Waals surface area contributed by atoms with Crippen molar-refractivity contribution >= 4 is 53.2 Å². The predicted molar refractivity (Wildman–Crippen MR) is 128 cm³/mol. The number of halogens is 6. The molecule has 39 heavy (non-hydrogen) atoms. The van der Waals surface area contributed by atoms with Crippen LogP contribution in [-0.4, -0.2) is 34.3 Å². The first-order valence-corrected chi connectivity index (χ1v) is 13.3. The van der Waals surface area contributed by atoms with E-state index in [9.17, 15) is 48.3 Å². The van der Waals surface area contributed by atoms with Crippen molar-refractivity contribution in [1.82, 2.24) is 0 Å². The summed E-state index contributed by atoms with van der Waals surface area (Å²) in [6, 6.07) is 11.4. The van der Waals surface area contributed by atoms with Gasteiger partial charge in [-0.2, -0.15) is 43.2 Å². The molecule has 0 heterocycles. The molecule has 0 radical (unpaired) electrons. The van der Waals surface area contributed by atoms with E-state index in [1.165, 1.54) is 12.1 Å².